The molecular weight excluding hydrogens is 281 g/mol. The maximum absolute atomic E-state index is 12.9. The highest BCUT2D eigenvalue weighted by atomic mass is 19.4. The summed E-state index contributed by atoms with van der Waals surface area (Å²) in [5.41, 5.74) is 5.04. The Hall–Kier alpha value is -2.21. The number of benzene rings is 1. The topological polar surface area (TPSA) is 56.0 Å². The molecule has 3 nitrogen and oxygen atoms in total. The SMILES string of the molecule is NC(Cc1ccccc1)C(=O)c1cnccc1C(F)(F)F. The monoisotopic (exact) mass is 294 g/mol. The lowest BCUT2D eigenvalue weighted by Crippen LogP contribution is -2.34. The maximum Gasteiger partial charge on any atom is 0.417 e. The smallest absolute Gasteiger partial charge is 0.321 e. The number of alkyl halides is 3. The number of halogens is 3. The predicted octanol–water partition coefficient (Wildman–Crippen LogP) is 2.85. The molecule has 0 saturated heterocycles. The summed E-state index contributed by atoms with van der Waals surface area (Å²) < 4.78 is 38.6. The van der Waals surface area contributed by atoms with Gasteiger partial charge in [0.15, 0.2) is 5.78 Å². The van der Waals surface area contributed by atoms with Crippen molar-refractivity contribution in [3.05, 3.63) is 65.5 Å². The molecule has 0 aliphatic carbocycles. The Morgan fingerprint density at radius 3 is 2.48 bits per heavy atom. The number of rotatable bonds is 4. The summed E-state index contributed by atoms with van der Waals surface area (Å²) in [4.78, 5) is 15.7. The lowest BCUT2D eigenvalue weighted by atomic mass is 9.96. The van der Waals surface area contributed by atoms with E-state index in [1.165, 1.54) is 0 Å². The second-order valence-corrected chi connectivity index (χ2v) is 4.58. The summed E-state index contributed by atoms with van der Waals surface area (Å²) >= 11 is 0. The van der Waals surface area contributed by atoms with Gasteiger partial charge in [0, 0.05) is 18.0 Å². The Morgan fingerprint density at radius 1 is 1.19 bits per heavy atom. The van der Waals surface area contributed by atoms with Crippen LogP contribution in [0.2, 0.25) is 0 Å². The van der Waals surface area contributed by atoms with E-state index in [-0.39, 0.29) is 6.42 Å². The van der Waals surface area contributed by atoms with E-state index in [0.717, 1.165) is 24.0 Å². The van der Waals surface area contributed by atoms with E-state index in [4.69, 9.17) is 5.73 Å². The van der Waals surface area contributed by atoms with Crippen molar-refractivity contribution in [2.24, 2.45) is 5.73 Å². The van der Waals surface area contributed by atoms with Gasteiger partial charge in [-0.3, -0.25) is 9.78 Å². The van der Waals surface area contributed by atoms with Crippen molar-refractivity contribution in [3.63, 3.8) is 0 Å². The van der Waals surface area contributed by atoms with E-state index in [1.807, 2.05) is 0 Å². The van der Waals surface area contributed by atoms with Gasteiger partial charge in [-0.05, 0) is 18.1 Å². The van der Waals surface area contributed by atoms with E-state index in [9.17, 15) is 18.0 Å². The second kappa shape index (κ2) is 6.05. The minimum atomic E-state index is -4.61. The molecular formula is C15H13F3N2O. The normalized spacial score (nSPS) is 13.0. The number of carbonyl (C=O) groups is 1. The third kappa shape index (κ3) is 3.66. The van der Waals surface area contributed by atoms with Gasteiger partial charge in [0.1, 0.15) is 0 Å². The van der Waals surface area contributed by atoms with Crippen LogP contribution >= 0.6 is 0 Å². The maximum atomic E-state index is 12.9. The van der Waals surface area contributed by atoms with Crippen molar-refractivity contribution in [1.82, 2.24) is 4.98 Å². The van der Waals surface area contributed by atoms with Crippen molar-refractivity contribution in [1.29, 1.82) is 0 Å². The van der Waals surface area contributed by atoms with Gasteiger partial charge in [-0.15, -0.1) is 0 Å². The van der Waals surface area contributed by atoms with Crippen molar-refractivity contribution in [2.75, 3.05) is 0 Å². The number of nitrogens with two attached hydrogens (primary N) is 1. The van der Waals surface area contributed by atoms with Crippen LogP contribution < -0.4 is 5.73 Å². The van der Waals surface area contributed by atoms with Gasteiger partial charge < -0.3 is 5.73 Å². The molecule has 0 fully saturated rings. The first-order chi connectivity index (χ1) is 9.89. The Labute approximate surface area is 119 Å². The third-order valence-electron chi connectivity index (χ3n) is 3.03. The molecule has 0 bridgehead atoms. The zero-order valence-corrected chi connectivity index (χ0v) is 11.0. The minimum Gasteiger partial charge on any atom is -0.321 e. The summed E-state index contributed by atoms with van der Waals surface area (Å²) in [5, 5.41) is 0. The third-order valence-corrected chi connectivity index (χ3v) is 3.03. The van der Waals surface area contributed by atoms with Gasteiger partial charge in [-0.25, -0.2) is 0 Å². The van der Waals surface area contributed by atoms with Crippen LogP contribution in [0.5, 0.6) is 0 Å². The highest BCUT2D eigenvalue weighted by Crippen LogP contribution is 2.31. The standard InChI is InChI=1S/C15H13F3N2O/c16-15(17,18)12-6-7-20-9-11(12)14(21)13(19)8-10-4-2-1-3-5-10/h1-7,9,13H,8,19H2. The van der Waals surface area contributed by atoms with E-state index in [1.54, 1.807) is 30.3 Å². The summed E-state index contributed by atoms with van der Waals surface area (Å²) in [5.74, 6) is -0.765. The van der Waals surface area contributed by atoms with Crippen LogP contribution in [0.4, 0.5) is 13.2 Å². The molecule has 0 spiro atoms. The van der Waals surface area contributed by atoms with Crippen molar-refractivity contribution >= 4 is 5.78 Å². The van der Waals surface area contributed by atoms with E-state index >= 15 is 0 Å². The first-order valence-corrected chi connectivity index (χ1v) is 6.24. The average Bonchev–Trinajstić information content (AvgIpc) is 2.46. The zero-order valence-electron chi connectivity index (χ0n) is 11.0. The summed E-state index contributed by atoms with van der Waals surface area (Å²) in [6, 6.07) is 8.62. The fourth-order valence-electron chi connectivity index (χ4n) is 2.00. The lowest BCUT2D eigenvalue weighted by Gasteiger charge is -2.15. The zero-order chi connectivity index (χ0) is 15.5. The van der Waals surface area contributed by atoms with Crippen LogP contribution in [0, 0.1) is 0 Å². The first kappa shape index (κ1) is 15.2. The van der Waals surface area contributed by atoms with Gasteiger partial charge in [0.25, 0.3) is 0 Å². The number of hydrogen-bond donors (Lipinski definition) is 1. The van der Waals surface area contributed by atoms with E-state index < -0.39 is 29.1 Å². The fourth-order valence-corrected chi connectivity index (χ4v) is 2.00. The molecule has 0 aliphatic heterocycles. The summed E-state index contributed by atoms with van der Waals surface area (Å²) in [6.45, 7) is 0. The number of aromatic nitrogens is 1. The second-order valence-electron chi connectivity index (χ2n) is 4.58. The first-order valence-electron chi connectivity index (χ1n) is 6.24. The molecule has 0 amide bonds. The minimum absolute atomic E-state index is 0.172. The molecule has 2 rings (SSSR count). The van der Waals surface area contributed by atoms with Gasteiger partial charge in [0.05, 0.1) is 11.6 Å². The summed E-state index contributed by atoms with van der Waals surface area (Å²) in [7, 11) is 0. The van der Waals surface area contributed by atoms with Gasteiger partial charge in [-0.2, -0.15) is 13.2 Å². The number of nitrogens with zero attached hydrogens (tertiary/aromatic N) is 1. The van der Waals surface area contributed by atoms with Gasteiger partial charge >= 0.3 is 6.18 Å². The number of hydrogen-bond acceptors (Lipinski definition) is 3. The fraction of sp³-hybridized carbons (Fsp3) is 0.200. The van der Waals surface area contributed by atoms with Crippen LogP contribution in [-0.4, -0.2) is 16.8 Å². The Kier molecular flexibility index (Phi) is 4.37. The van der Waals surface area contributed by atoms with Crippen LogP contribution in [0.15, 0.2) is 48.8 Å². The largest absolute Gasteiger partial charge is 0.417 e. The van der Waals surface area contributed by atoms with Crippen LogP contribution in [0.25, 0.3) is 0 Å². The molecule has 0 radical (unpaired) electrons. The molecule has 1 heterocycles. The molecule has 1 aromatic carbocycles. The van der Waals surface area contributed by atoms with Crippen LogP contribution in [0.1, 0.15) is 21.5 Å². The van der Waals surface area contributed by atoms with Crippen molar-refractivity contribution in [2.45, 2.75) is 18.6 Å². The Bertz CT molecular complexity index is 626. The Balaban J connectivity index is 2.24. The predicted molar refractivity (Wildman–Crippen MR) is 71.7 cm³/mol. The molecule has 1 aromatic heterocycles. The molecule has 110 valence electrons. The molecule has 0 saturated carbocycles. The van der Waals surface area contributed by atoms with Crippen LogP contribution in [0.3, 0.4) is 0 Å². The Morgan fingerprint density at radius 2 is 1.86 bits per heavy atom. The van der Waals surface area contributed by atoms with Crippen LogP contribution in [-0.2, 0) is 12.6 Å². The highest BCUT2D eigenvalue weighted by molar-refractivity contribution is 6.01. The molecule has 0 aliphatic rings. The quantitative estimate of drug-likeness (QED) is 0.882. The number of Topliss-reactive ketones (excluding diaryl/α,β-unsaturated/α-hetero) is 1. The number of ketones is 1. The molecule has 2 N–H and O–H groups in total. The average molecular weight is 294 g/mol. The summed E-state index contributed by atoms with van der Waals surface area (Å²) in [6.07, 6.45) is -2.52. The molecule has 1 atom stereocenters. The molecule has 2 aromatic rings. The molecule has 21 heavy (non-hydrogen) atoms. The van der Waals surface area contributed by atoms with E-state index in [0.29, 0.717) is 0 Å². The molecule has 1 unspecified atom stereocenters. The number of carbonyl (C=O) groups excluding carboxylic acids is 1. The lowest BCUT2D eigenvalue weighted by molar-refractivity contribution is -0.138. The van der Waals surface area contributed by atoms with Gasteiger partial charge in [0.2, 0.25) is 0 Å². The van der Waals surface area contributed by atoms with Gasteiger partial charge in [-0.1, -0.05) is 30.3 Å². The van der Waals surface area contributed by atoms with Crippen molar-refractivity contribution < 1.29 is 18.0 Å². The molecule has 6 heteroatoms. The van der Waals surface area contributed by atoms with Crippen molar-refractivity contribution in [3.8, 4) is 0 Å². The number of pyridine rings is 1. The highest BCUT2D eigenvalue weighted by Gasteiger charge is 2.36. The van der Waals surface area contributed by atoms with E-state index in [2.05, 4.69) is 4.98 Å².